The van der Waals surface area contributed by atoms with E-state index in [9.17, 15) is 4.79 Å². The maximum atomic E-state index is 9.44. The Balaban J connectivity index is -0.0000000750. The van der Waals surface area contributed by atoms with Gasteiger partial charge in [0.25, 0.3) is 0 Å². The van der Waals surface area contributed by atoms with Crippen LogP contribution in [-0.4, -0.2) is 17.9 Å². The first-order valence-electron chi connectivity index (χ1n) is 2.11. The molecule has 0 aromatic carbocycles. The van der Waals surface area contributed by atoms with Crippen LogP contribution in [0.1, 0.15) is 13.8 Å². The molecule has 0 spiro atoms. The first-order valence-corrected chi connectivity index (χ1v) is 2.11. The Bertz CT molecular complexity index is 125. The maximum absolute atomic E-state index is 9.44. The van der Waals surface area contributed by atoms with E-state index in [0.717, 1.165) is 12.2 Å². The van der Waals surface area contributed by atoms with Crippen LogP contribution in [0.5, 0.6) is 0 Å². The van der Waals surface area contributed by atoms with Gasteiger partial charge in [0.1, 0.15) is 5.78 Å². The molecule has 5 heteroatoms. The second kappa shape index (κ2) is 26.1. The van der Waals surface area contributed by atoms with Crippen molar-refractivity contribution in [1.82, 2.24) is 0 Å². The normalized spacial score (nSPS) is 4.20. The molecule has 2 N–H and O–H groups in total. The lowest BCUT2D eigenvalue weighted by Gasteiger charge is -1.56. The molecule has 0 saturated heterocycles. The highest BCUT2D eigenvalue weighted by atomic mass is 16.1. The van der Waals surface area contributed by atoms with Crippen LogP contribution >= 0.6 is 0 Å². The van der Waals surface area contributed by atoms with Crippen molar-refractivity contribution in [3.8, 4) is 0 Å². The van der Waals surface area contributed by atoms with E-state index < -0.39 is 0 Å². The van der Waals surface area contributed by atoms with E-state index in [1.165, 1.54) is 13.8 Å². The zero-order chi connectivity index (χ0) is 8.99. The molecule has 0 aliphatic rings. The summed E-state index contributed by atoms with van der Waals surface area (Å²) in [6.07, 6.45) is 1.50. The highest BCUT2D eigenvalue weighted by molar-refractivity contribution is 5.72. The summed E-state index contributed by atoms with van der Waals surface area (Å²) < 4.78 is 0. The van der Waals surface area contributed by atoms with Gasteiger partial charge >= 0.3 is 0 Å². The first kappa shape index (κ1) is 15.8. The molecule has 0 unspecified atom stereocenters. The van der Waals surface area contributed by atoms with Crippen LogP contribution < -0.4 is 0 Å². The molecule has 0 saturated carbocycles. The van der Waals surface area contributed by atoms with E-state index in [1.54, 1.807) is 0 Å². The molecule has 0 aliphatic heterocycles. The topological polar surface area (TPSA) is 98.9 Å². The van der Waals surface area contributed by atoms with Crippen molar-refractivity contribution in [1.29, 1.82) is 10.8 Å². The van der Waals surface area contributed by atoms with Crippen molar-refractivity contribution < 1.29 is 14.4 Å². The SMILES string of the molecule is CC(C)=O.N=C=O.N=C=O. The zero-order valence-corrected chi connectivity index (χ0v) is 5.72. The standard InChI is InChI=1S/C3H6O.2CHNO/c1-3(2)4;2*2-1-3/h1-2H3;2*2H. The van der Waals surface area contributed by atoms with Crippen LogP contribution in [0.3, 0.4) is 0 Å². The predicted molar refractivity (Wildman–Crippen MR) is 33.2 cm³/mol. The summed E-state index contributed by atoms with van der Waals surface area (Å²) in [5.41, 5.74) is 0. The van der Waals surface area contributed by atoms with Crippen LogP contribution in [0.15, 0.2) is 0 Å². The van der Waals surface area contributed by atoms with E-state index in [2.05, 4.69) is 0 Å². The predicted octanol–water partition coefficient (Wildman–Crippen LogP) is 0.397. The number of isocyanates is 2. The Labute approximate surface area is 58.1 Å². The van der Waals surface area contributed by atoms with Gasteiger partial charge in [-0.05, 0) is 13.8 Å². The molecule has 10 heavy (non-hydrogen) atoms. The van der Waals surface area contributed by atoms with Crippen molar-refractivity contribution in [2.45, 2.75) is 13.8 Å². The van der Waals surface area contributed by atoms with Gasteiger partial charge in [0, 0.05) is 0 Å². The van der Waals surface area contributed by atoms with Crippen molar-refractivity contribution in [2.75, 3.05) is 0 Å². The number of hydrogen-bond donors (Lipinski definition) is 2. The Morgan fingerprint density at radius 3 is 1.10 bits per heavy atom. The lowest BCUT2D eigenvalue weighted by Crippen LogP contribution is -1.69. The van der Waals surface area contributed by atoms with Gasteiger partial charge in [-0.25, -0.2) is 20.4 Å². The second-order valence-electron chi connectivity index (χ2n) is 1.11. The molecule has 0 amide bonds. The number of hydrogen-bond acceptors (Lipinski definition) is 5. The minimum absolute atomic E-state index is 0.167. The number of ketones is 1. The molecule has 5 nitrogen and oxygen atoms in total. The Morgan fingerprint density at radius 1 is 1.10 bits per heavy atom. The average Bonchev–Trinajstić information content (AvgIpc) is 1.65. The van der Waals surface area contributed by atoms with Gasteiger partial charge in [0.2, 0.25) is 12.2 Å². The number of nitrogens with one attached hydrogen (secondary N) is 2. The fourth-order valence-corrected chi connectivity index (χ4v) is 0. The van der Waals surface area contributed by atoms with Gasteiger partial charge in [-0.1, -0.05) is 0 Å². The molecule has 56 valence electrons. The van der Waals surface area contributed by atoms with Crippen LogP contribution in [-0.2, 0) is 14.4 Å². The summed E-state index contributed by atoms with van der Waals surface area (Å²) in [4.78, 5) is 26.1. The lowest BCUT2D eigenvalue weighted by molar-refractivity contribution is -0.114. The van der Waals surface area contributed by atoms with Crippen LogP contribution in [0.2, 0.25) is 0 Å². The summed E-state index contributed by atoms with van der Waals surface area (Å²) >= 11 is 0. The van der Waals surface area contributed by atoms with Gasteiger partial charge in [-0.2, -0.15) is 0 Å². The number of Topliss-reactive ketones (excluding diaryl/α,β-unsaturated/α-hetero) is 1. The molecule has 0 aromatic heterocycles. The smallest absolute Gasteiger partial charge is 0.231 e. The largest absolute Gasteiger partial charge is 0.300 e. The zero-order valence-electron chi connectivity index (χ0n) is 5.72. The summed E-state index contributed by atoms with van der Waals surface area (Å²) in [6.45, 7) is 3.06. The number of carbonyl (C=O) groups is 1. The quantitative estimate of drug-likeness (QED) is 0.380. The molecule has 0 heterocycles. The van der Waals surface area contributed by atoms with Crippen molar-refractivity contribution in [2.24, 2.45) is 0 Å². The molecular weight excluding hydrogens is 136 g/mol. The van der Waals surface area contributed by atoms with Gasteiger partial charge < -0.3 is 4.79 Å². The fourth-order valence-electron chi connectivity index (χ4n) is 0. The maximum Gasteiger partial charge on any atom is 0.231 e. The highest BCUT2D eigenvalue weighted by Gasteiger charge is 1.62. The summed E-state index contributed by atoms with van der Waals surface area (Å²) in [5, 5.41) is 10.8. The Kier molecular flexibility index (Phi) is 41.2. The van der Waals surface area contributed by atoms with E-state index in [0.29, 0.717) is 0 Å². The summed E-state index contributed by atoms with van der Waals surface area (Å²) in [5.74, 6) is 0.167. The minimum atomic E-state index is 0.167. The first-order chi connectivity index (χ1) is 4.56. The summed E-state index contributed by atoms with van der Waals surface area (Å²) in [6, 6.07) is 0. The highest BCUT2D eigenvalue weighted by Crippen LogP contribution is 1.50. The Morgan fingerprint density at radius 2 is 1.10 bits per heavy atom. The molecule has 0 aliphatic carbocycles. The third-order valence-corrected chi connectivity index (χ3v) is 0. The van der Waals surface area contributed by atoms with Crippen LogP contribution in [0.4, 0.5) is 0 Å². The van der Waals surface area contributed by atoms with E-state index >= 15 is 0 Å². The van der Waals surface area contributed by atoms with E-state index in [-0.39, 0.29) is 5.78 Å². The van der Waals surface area contributed by atoms with Gasteiger partial charge in [-0.15, -0.1) is 0 Å². The van der Waals surface area contributed by atoms with Gasteiger partial charge in [0.15, 0.2) is 0 Å². The van der Waals surface area contributed by atoms with Crippen molar-refractivity contribution in [3.05, 3.63) is 0 Å². The molecule has 0 radical (unpaired) electrons. The van der Waals surface area contributed by atoms with E-state index in [1.807, 2.05) is 0 Å². The third kappa shape index (κ3) is 76.9. The Hall–Kier alpha value is -1.57. The molecule has 0 rings (SSSR count). The molecule has 0 atom stereocenters. The van der Waals surface area contributed by atoms with Crippen molar-refractivity contribution >= 4 is 17.9 Å². The molecular formula is C5H8N2O3. The summed E-state index contributed by atoms with van der Waals surface area (Å²) in [7, 11) is 0. The molecule has 0 fully saturated rings. The van der Waals surface area contributed by atoms with Crippen LogP contribution in [0, 0.1) is 10.8 Å². The second-order valence-corrected chi connectivity index (χ2v) is 1.11. The molecule has 0 bridgehead atoms. The monoisotopic (exact) mass is 144 g/mol. The minimum Gasteiger partial charge on any atom is -0.300 e. The van der Waals surface area contributed by atoms with Gasteiger partial charge in [-0.3, -0.25) is 0 Å². The third-order valence-electron chi connectivity index (χ3n) is 0. The number of carbonyl (C=O) groups excluding carboxylic acids is 3. The fraction of sp³-hybridized carbons (Fsp3) is 0.400. The van der Waals surface area contributed by atoms with E-state index in [4.69, 9.17) is 20.4 Å². The number of rotatable bonds is 0. The average molecular weight is 144 g/mol. The van der Waals surface area contributed by atoms with Crippen LogP contribution in [0.25, 0.3) is 0 Å². The molecule has 0 aromatic rings. The lowest BCUT2D eigenvalue weighted by atomic mass is 10.6. The van der Waals surface area contributed by atoms with Gasteiger partial charge in [0.05, 0.1) is 0 Å². The van der Waals surface area contributed by atoms with Crippen molar-refractivity contribution in [3.63, 3.8) is 0 Å².